The van der Waals surface area contributed by atoms with Crippen molar-refractivity contribution in [2.45, 2.75) is 41.5 Å². The lowest BCUT2D eigenvalue weighted by atomic mass is 9.71. The van der Waals surface area contributed by atoms with E-state index in [-0.39, 0.29) is 5.91 Å². The molecular weight excluding hydrogens is 186 g/mol. The fourth-order valence-corrected chi connectivity index (χ4v) is 2.68. The Bertz CT molecular complexity index is 239. The molecule has 0 aromatic rings. The van der Waals surface area contributed by atoms with E-state index in [2.05, 4.69) is 34.6 Å². The predicted octanol–water partition coefficient (Wildman–Crippen LogP) is 2.78. The highest BCUT2D eigenvalue weighted by atomic mass is 16.2. The van der Waals surface area contributed by atoms with Gasteiger partial charge in [-0.3, -0.25) is 4.79 Å². The number of hydrogen-bond acceptors (Lipinski definition) is 1. The van der Waals surface area contributed by atoms with Gasteiger partial charge < -0.3 is 4.90 Å². The van der Waals surface area contributed by atoms with Crippen molar-refractivity contribution < 1.29 is 4.79 Å². The maximum absolute atomic E-state index is 11.4. The van der Waals surface area contributed by atoms with Crippen LogP contribution >= 0.6 is 0 Å². The van der Waals surface area contributed by atoms with Gasteiger partial charge in [0.05, 0.1) is 0 Å². The number of hydrogen-bond donors (Lipinski definition) is 0. The fraction of sp³-hybridized carbons (Fsp3) is 0.923. The third-order valence-corrected chi connectivity index (χ3v) is 3.78. The van der Waals surface area contributed by atoms with E-state index in [0.717, 1.165) is 13.1 Å². The van der Waals surface area contributed by atoms with Gasteiger partial charge >= 0.3 is 0 Å². The summed E-state index contributed by atoms with van der Waals surface area (Å²) in [6.07, 6.45) is 0. The van der Waals surface area contributed by atoms with Gasteiger partial charge in [0.25, 0.3) is 0 Å². The van der Waals surface area contributed by atoms with E-state index in [1.54, 1.807) is 6.92 Å². The zero-order chi connectivity index (χ0) is 11.8. The molecule has 1 amide bonds. The third kappa shape index (κ3) is 2.73. The first-order valence-electron chi connectivity index (χ1n) is 5.99. The molecule has 0 radical (unpaired) electrons. The van der Waals surface area contributed by atoms with Gasteiger partial charge in [0.2, 0.25) is 5.91 Å². The first-order chi connectivity index (χ1) is 6.73. The molecule has 1 unspecified atom stereocenters. The van der Waals surface area contributed by atoms with E-state index in [0.29, 0.717) is 23.2 Å². The van der Waals surface area contributed by atoms with Crippen LogP contribution in [0, 0.1) is 23.2 Å². The van der Waals surface area contributed by atoms with Gasteiger partial charge in [0, 0.05) is 20.0 Å². The maximum atomic E-state index is 11.4. The van der Waals surface area contributed by atoms with E-state index in [1.165, 1.54) is 0 Å². The van der Waals surface area contributed by atoms with Crippen LogP contribution in [0.4, 0.5) is 0 Å². The third-order valence-electron chi connectivity index (χ3n) is 3.78. The standard InChI is InChI=1S/C13H25NO/c1-9(2)11-7-14(10(3)15)8-12(11)13(4,5)6/h9,11-12H,7-8H2,1-6H3/t11?,12-/m0/s1. The van der Waals surface area contributed by atoms with Crippen LogP contribution in [0.3, 0.4) is 0 Å². The summed E-state index contributed by atoms with van der Waals surface area (Å²) in [6, 6.07) is 0. The van der Waals surface area contributed by atoms with Gasteiger partial charge in [-0.05, 0) is 23.2 Å². The van der Waals surface area contributed by atoms with Gasteiger partial charge in [-0.1, -0.05) is 34.6 Å². The predicted molar refractivity (Wildman–Crippen MR) is 63.5 cm³/mol. The molecule has 2 heteroatoms. The molecule has 1 fully saturated rings. The Labute approximate surface area is 94.0 Å². The van der Waals surface area contributed by atoms with E-state index >= 15 is 0 Å². The van der Waals surface area contributed by atoms with Crippen LogP contribution in [0.5, 0.6) is 0 Å². The fourth-order valence-electron chi connectivity index (χ4n) is 2.68. The van der Waals surface area contributed by atoms with E-state index < -0.39 is 0 Å². The molecule has 0 N–H and O–H groups in total. The average molecular weight is 211 g/mol. The summed E-state index contributed by atoms with van der Waals surface area (Å²) < 4.78 is 0. The summed E-state index contributed by atoms with van der Waals surface area (Å²) >= 11 is 0. The average Bonchev–Trinajstić information content (AvgIpc) is 2.45. The lowest BCUT2D eigenvalue weighted by molar-refractivity contribution is -0.128. The van der Waals surface area contributed by atoms with Crippen molar-refractivity contribution in [3.05, 3.63) is 0 Å². The summed E-state index contributed by atoms with van der Waals surface area (Å²) in [5, 5.41) is 0. The highest BCUT2D eigenvalue weighted by Crippen LogP contribution is 2.40. The Hall–Kier alpha value is -0.530. The van der Waals surface area contributed by atoms with Crippen molar-refractivity contribution >= 4 is 5.91 Å². The van der Waals surface area contributed by atoms with Gasteiger partial charge in [-0.25, -0.2) is 0 Å². The van der Waals surface area contributed by atoms with Crippen LogP contribution in [0.15, 0.2) is 0 Å². The Balaban J connectivity index is 2.81. The first-order valence-corrected chi connectivity index (χ1v) is 5.99. The maximum Gasteiger partial charge on any atom is 0.219 e. The minimum atomic E-state index is 0.229. The Morgan fingerprint density at radius 3 is 2.07 bits per heavy atom. The second-order valence-corrected chi connectivity index (χ2v) is 6.30. The molecule has 15 heavy (non-hydrogen) atoms. The van der Waals surface area contributed by atoms with Crippen LogP contribution in [-0.2, 0) is 4.79 Å². The zero-order valence-electron chi connectivity index (χ0n) is 11.0. The summed E-state index contributed by atoms with van der Waals surface area (Å²) in [6.45, 7) is 15.0. The van der Waals surface area contributed by atoms with Crippen molar-refractivity contribution in [3.8, 4) is 0 Å². The number of rotatable bonds is 1. The van der Waals surface area contributed by atoms with Crippen LogP contribution < -0.4 is 0 Å². The summed E-state index contributed by atoms with van der Waals surface area (Å²) in [5.41, 5.74) is 0.305. The normalized spacial score (nSPS) is 27.5. The number of nitrogens with zero attached hydrogens (tertiary/aromatic N) is 1. The SMILES string of the molecule is CC(=O)N1CC(C(C)C)[C@@H](C(C)(C)C)C1. The molecular formula is C13H25NO. The highest BCUT2D eigenvalue weighted by Gasteiger charge is 2.41. The largest absolute Gasteiger partial charge is 0.342 e. The van der Waals surface area contributed by atoms with Gasteiger partial charge in [-0.2, -0.15) is 0 Å². The molecule has 88 valence electrons. The minimum absolute atomic E-state index is 0.229. The second kappa shape index (κ2) is 4.15. The van der Waals surface area contributed by atoms with E-state index in [9.17, 15) is 4.79 Å². The Morgan fingerprint density at radius 2 is 1.80 bits per heavy atom. The molecule has 0 aromatic carbocycles. The molecule has 1 heterocycles. The molecule has 0 saturated carbocycles. The van der Waals surface area contributed by atoms with Crippen LogP contribution in [0.1, 0.15) is 41.5 Å². The van der Waals surface area contributed by atoms with Crippen LogP contribution in [-0.4, -0.2) is 23.9 Å². The number of carbonyl (C=O) groups is 1. The molecule has 1 saturated heterocycles. The summed E-state index contributed by atoms with van der Waals surface area (Å²) in [4.78, 5) is 13.4. The minimum Gasteiger partial charge on any atom is -0.342 e. The zero-order valence-corrected chi connectivity index (χ0v) is 11.0. The first kappa shape index (κ1) is 12.5. The van der Waals surface area contributed by atoms with Gasteiger partial charge in [0.15, 0.2) is 0 Å². The second-order valence-electron chi connectivity index (χ2n) is 6.30. The van der Waals surface area contributed by atoms with E-state index in [1.807, 2.05) is 4.90 Å². The lowest BCUT2D eigenvalue weighted by Crippen LogP contribution is -2.30. The molecule has 0 aliphatic carbocycles. The smallest absolute Gasteiger partial charge is 0.219 e. The molecule has 1 aliphatic rings. The number of amides is 1. The van der Waals surface area contributed by atoms with E-state index in [4.69, 9.17) is 0 Å². The van der Waals surface area contributed by atoms with Crippen molar-refractivity contribution in [1.29, 1.82) is 0 Å². The van der Waals surface area contributed by atoms with Crippen molar-refractivity contribution in [3.63, 3.8) is 0 Å². The van der Waals surface area contributed by atoms with Crippen LogP contribution in [0.25, 0.3) is 0 Å². The van der Waals surface area contributed by atoms with Gasteiger partial charge in [0.1, 0.15) is 0 Å². The quantitative estimate of drug-likeness (QED) is 0.653. The molecule has 2 atom stereocenters. The molecule has 2 nitrogen and oxygen atoms in total. The molecule has 0 aromatic heterocycles. The van der Waals surface area contributed by atoms with Crippen molar-refractivity contribution in [1.82, 2.24) is 4.90 Å². The summed E-state index contributed by atoms with van der Waals surface area (Å²) in [7, 11) is 0. The monoisotopic (exact) mass is 211 g/mol. The molecule has 1 aliphatic heterocycles. The van der Waals surface area contributed by atoms with Gasteiger partial charge in [-0.15, -0.1) is 0 Å². The molecule has 0 spiro atoms. The molecule has 0 bridgehead atoms. The Kier molecular flexibility index (Phi) is 3.47. The van der Waals surface area contributed by atoms with Crippen LogP contribution in [0.2, 0.25) is 0 Å². The topological polar surface area (TPSA) is 20.3 Å². The highest BCUT2D eigenvalue weighted by molar-refractivity contribution is 5.73. The summed E-state index contributed by atoms with van der Waals surface area (Å²) in [5.74, 6) is 2.20. The lowest BCUT2D eigenvalue weighted by Gasteiger charge is -2.33. The molecule has 1 rings (SSSR count). The van der Waals surface area contributed by atoms with Crippen molar-refractivity contribution in [2.75, 3.05) is 13.1 Å². The number of carbonyl (C=O) groups excluding carboxylic acids is 1. The Morgan fingerprint density at radius 1 is 1.27 bits per heavy atom. The van der Waals surface area contributed by atoms with Crippen molar-refractivity contribution in [2.24, 2.45) is 23.2 Å². The number of likely N-dealkylation sites (tertiary alicyclic amines) is 1.